The molecule has 5 rings (SSSR count). The van der Waals surface area contributed by atoms with Gasteiger partial charge in [0, 0.05) is 54.6 Å². The van der Waals surface area contributed by atoms with Crippen LogP contribution in [0.4, 0.5) is 17.2 Å². The molecule has 0 bridgehead atoms. The van der Waals surface area contributed by atoms with Gasteiger partial charge in [0.05, 0.1) is 11.3 Å². The zero-order valence-electron chi connectivity index (χ0n) is 19.5. The number of rotatable bonds is 8. The van der Waals surface area contributed by atoms with Gasteiger partial charge in [-0.15, -0.1) is 11.3 Å². The van der Waals surface area contributed by atoms with E-state index in [1.807, 2.05) is 36.1 Å². The molecule has 0 atom stereocenters. The van der Waals surface area contributed by atoms with Crippen LogP contribution in [0.5, 0.6) is 0 Å². The molecule has 1 aliphatic rings. The van der Waals surface area contributed by atoms with Gasteiger partial charge in [-0.2, -0.15) is 0 Å². The summed E-state index contributed by atoms with van der Waals surface area (Å²) in [7, 11) is 0. The quantitative estimate of drug-likeness (QED) is 0.323. The average molecular weight is 486 g/mol. The number of thiophene rings is 1. The third-order valence-corrected chi connectivity index (χ3v) is 7.40. The Labute approximate surface area is 208 Å². The van der Waals surface area contributed by atoms with Crippen LogP contribution in [0.25, 0.3) is 10.1 Å². The first-order valence-electron chi connectivity index (χ1n) is 11.7. The molecule has 1 saturated heterocycles. The Kier molecular flexibility index (Phi) is 6.37. The molecule has 0 unspecified atom stereocenters. The van der Waals surface area contributed by atoms with E-state index in [0.29, 0.717) is 36.0 Å². The summed E-state index contributed by atoms with van der Waals surface area (Å²) in [6.07, 6.45) is 2.05. The molecule has 35 heavy (non-hydrogen) atoms. The molecule has 1 aliphatic heterocycles. The molecule has 8 heteroatoms. The fraction of sp³-hybridized carbons (Fsp3) is 0.222. The van der Waals surface area contributed by atoms with Crippen LogP contribution < -0.4 is 16.4 Å². The number of carbonyl (C=O) groups is 2. The molecule has 178 valence electrons. The molecule has 2 amide bonds. The SMILES string of the molecule is CCC(=O)N1CC(c2ccc(Nc3cc(NCc4cccc5ccsc45)c(C(N)=O)cn3)cc2)C1. The number of carbonyl (C=O) groups excluding carboxylic acids is 2. The van der Waals surface area contributed by atoms with E-state index in [2.05, 4.69) is 51.3 Å². The lowest BCUT2D eigenvalue weighted by Crippen LogP contribution is -2.48. The minimum atomic E-state index is -0.527. The Hall–Kier alpha value is -3.91. The molecule has 4 N–H and O–H groups in total. The highest BCUT2D eigenvalue weighted by molar-refractivity contribution is 7.17. The van der Waals surface area contributed by atoms with Crippen molar-refractivity contribution in [2.75, 3.05) is 23.7 Å². The Balaban J connectivity index is 1.28. The van der Waals surface area contributed by atoms with Crippen LogP contribution >= 0.6 is 11.3 Å². The van der Waals surface area contributed by atoms with E-state index in [4.69, 9.17) is 5.73 Å². The molecule has 7 nitrogen and oxygen atoms in total. The van der Waals surface area contributed by atoms with E-state index >= 15 is 0 Å². The van der Waals surface area contributed by atoms with Crippen molar-refractivity contribution in [1.29, 1.82) is 0 Å². The number of likely N-dealkylation sites (tertiary alicyclic amines) is 1. The Morgan fingerprint density at radius 1 is 1.14 bits per heavy atom. The number of nitrogens with zero attached hydrogens (tertiary/aromatic N) is 2. The van der Waals surface area contributed by atoms with Crippen LogP contribution in [0.15, 0.2) is 66.2 Å². The van der Waals surface area contributed by atoms with Crippen LogP contribution in [-0.4, -0.2) is 34.8 Å². The first-order chi connectivity index (χ1) is 17.0. The summed E-state index contributed by atoms with van der Waals surface area (Å²) >= 11 is 1.70. The van der Waals surface area contributed by atoms with Crippen molar-refractivity contribution in [2.45, 2.75) is 25.8 Å². The van der Waals surface area contributed by atoms with Crippen LogP contribution in [-0.2, 0) is 11.3 Å². The van der Waals surface area contributed by atoms with Crippen molar-refractivity contribution in [2.24, 2.45) is 5.73 Å². The standard InChI is InChI=1S/C27H27N5O2S/c1-2-25(33)32-15-20(16-32)17-6-8-21(9-7-17)31-24-12-23(22(14-30-24)27(28)34)29-13-19-5-3-4-18-10-11-35-26(18)19/h3-12,14,20H,2,13,15-16H2,1H3,(H2,28,34)(H2,29,30,31). The topological polar surface area (TPSA) is 100 Å². The lowest BCUT2D eigenvalue weighted by molar-refractivity contribution is -0.135. The zero-order valence-corrected chi connectivity index (χ0v) is 20.3. The Morgan fingerprint density at radius 3 is 2.69 bits per heavy atom. The highest BCUT2D eigenvalue weighted by Crippen LogP contribution is 2.30. The second-order valence-electron chi connectivity index (χ2n) is 8.69. The molecule has 2 aromatic carbocycles. The normalized spacial score (nSPS) is 13.5. The summed E-state index contributed by atoms with van der Waals surface area (Å²) in [6.45, 7) is 4.02. The van der Waals surface area contributed by atoms with E-state index in [-0.39, 0.29) is 5.91 Å². The maximum Gasteiger partial charge on any atom is 0.252 e. The van der Waals surface area contributed by atoms with E-state index in [1.54, 1.807) is 11.3 Å². The number of anilines is 3. The lowest BCUT2D eigenvalue weighted by atomic mass is 9.91. The maximum atomic E-state index is 12.0. The molecule has 0 aliphatic carbocycles. The molecule has 2 aromatic heterocycles. The number of hydrogen-bond acceptors (Lipinski definition) is 6. The van der Waals surface area contributed by atoms with Gasteiger partial charge in [-0.25, -0.2) is 4.98 Å². The number of nitrogens with two attached hydrogens (primary N) is 1. The van der Waals surface area contributed by atoms with Gasteiger partial charge in [0.1, 0.15) is 5.82 Å². The van der Waals surface area contributed by atoms with Gasteiger partial charge in [-0.05, 0) is 40.1 Å². The van der Waals surface area contributed by atoms with Crippen LogP contribution in [0.1, 0.15) is 40.7 Å². The van der Waals surface area contributed by atoms with Gasteiger partial charge in [0.15, 0.2) is 0 Å². The fourth-order valence-corrected chi connectivity index (χ4v) is 5.27. The minimum absolute atomic E-state index is 0.210. The van der Waals surface area contributed by atoms with E-state index in [0.717, 1.165) is 24.3 Å². The van der Waals surface area contributed by atoms with E-state index in [9.17, 15) is 9.59 Å². The molecule has 4 aromatic rings. The molecule has 0 radical (unpaired) electrons. The molecular weight excluding hydrogens is 458 g/mol. The van der Waals surface area contributed by atoms with Crippen molar-refractivity contribution in [1.82, 2.24) is 9.88 Å². The van der Waals surface area contributed by atoms with Gasteiger partial charge >= 0.3 is 0 Å². The van der Waals surface area contributed by atoms with Gasteiger partial charge in [0.2, 0.25) is 5.91 Å². The largest absolute Gasteiger partial charge is 0.380 e. The smallest absolute Gasteiger partial charge is 0.252 e. The summed E-state index contributed by atoms with van der Waals surface area (Å²) < 4.78 is 1.22. The number of amides is 2. The summed E-state index contributed by atoms with van der Waals surface area (Å²) in [5.41, 5.74) is 9.85. The average Bonchev–Trinajstić information content (AvgIpc) is 3.32. The molecule has 3 heterocycles. The minimum Gasteiger partial charge on any atom is -0.380 e. The highest BCUT2D eigenvalue weighted by Gasteiger charge is 2.30. The van der Waals surface area contributed by atoms with Gasteiger partial charge in [-0.1, -0.05) is 37.3 Å². The second-order valence-corrected chi connectivity index (χ2v) is 9.60. The van der Waals surface area contributed by atoms with Crippen molar-refractivity contribution < 1.29 is 9.59 Å². The van der Waals surface area contributed by atoms with Crippen molar-refractivity contribution in [3.63, 3.8) is 0 Å². The summed E-state index contributed by atoms with van der Waals surface area (Å²) in [5, 5.41) is 9.96. The third kappa shape index (κ3) is 4.83. The fourth-order valence-electron chi connectivity index (χ4n) is 4.35. The molecule has 0 saturated carbocycles. The number of pyridine rings is 1. The zero-order chi connectivity index (χ0) is 24.4. The predicted octanol–water partition coefficient (Wildman–Crippen LogP) is 5.09. The van der Waals surface area contributed by atoms with Gasteiger partial charge in [-0.3, -0.25) is 9.59 Å². The number of aromatic nitrogens is 1. The number of fused-ring (bicyclic) bond motifs is 1. The third-order valence-electron chi connectivity index (χ3n) is 6.39. The number of nitrogens with one attached hydrogen (secondary N) is 2. The number of primary amides is 1. The lowest BCUT2D eigenvalue weighted by Gasteiger charge is -2.39. The summed E-state index contributed by atoms with van der Waals surface area (Å²) in [4.78, 5) is 30.0. The molecule has 1 fully saturated rings. The van der Waals surface area contributed by atoms with Crippen molar-refractivity contribution >= 4 is 50.4 Å². The highest BCUT2D eigenvalue weighted by atomic mass is 32.1. The van der Waals surface area contributed by atoms with Crippen LogP contribution in [0, 0.1) is 0 Å². The maximum absolute atomic E-state index is 12.0. The Bertz CT molecular complexity index is 1380. The van der Waals surface area contributed by atoms with Crippen molar-refractivity contribution in [3.8, 4) is 0 Å². The first kappa shape index (κ1) is 22.9. The van der Waals surface area contributed by atoms with Crippen LogP contribution in [0.3, 0.4) is 0 Å². The van der Waals surface area contributed by atoms with Crippen LogP contribution in [0.2, 0.25) is 0 Å². The first-order valence-corrected chi connectivity index (χ1v) is 12.5. The monoisotopic (exact) mass is 485 g/mol. The van der Waals surface area contributed by atoms with E-state index in [1.165, 1.54) is 21.8 Å². The molecular formula is C27H27N5O2S. The van der Waals surface area contributed by atoms with E-state index < -0.39 is 5.91 Å². The van der Waals surface area contributed by atoms with Gasteiger partial charge in [0.25, 0.3) is 5.91 Å². The summed E-state index contributed by atoms with van der Waals surface area (Å²) in [5.74, 6) is 0.682. The Morgan fingerprint density at radius 2 is 1.94 bits per heavy atom. The number of hydrogen-bond donors (Lipinski definition) is 3. The van der Waals surface area contributed by atoms with Crippen molar-refractivity contribution in [3.05, 3.63) is 82.9 Å². The predicted molar refractivity (Wildman–Crippen MR) is 141 cm³/mol. The summed E-state index contributed by atoms with van der Waals surface area (Å²) in [6, 6.07) is 18.3. The second kappa shape index (κ2) is 9.76. The number of benzene rings is 2. The van der Waals surface area contributed by atoms with Gasteiger partial charge < -0.3 is 21.3 Å². The molecule has 0 spiro atoms.